The zero-order valence-corrected chi connectivity index (χ0v) is 16.1. The van der Waals surface area contributed by atoms with E-state index in [4.69, 9.17) is 17.0 Å². The van der Waals surface area contributed by atoms with Crippen molar-refractivity contribution < 1.29 is 4.74 Å². The van der Waals surface area contributed by atoms with Crippen LogP contribution in [0.3, 0.4) is 0 Å². The van der Waals surface area contributed by atoms with E-state index in [0.717, 1.165) is 38.3 Å². The van der Waals surface area contributed by atoms with E-state index >= 15 is 0 Å². The molecule has 1 heterocycles. The second-order valence-electron chi connectivity index (χ2n) is 6.60. The van der Waals surface area contributed by atoms with Crippen LogP contribution in [0.1, 0.15) is 18.1 Å². The average molecular weight is 370 g/mol. The van der Waals surface area contributed by atoms with Gasteiger partial charge in [-0.25, -0.2) is 0 Å². The Morgan fingerprint density at radius 3 is 2.62 bits per heavy atom. The van der Waals surface area contributed by atoms with E-state index in [1.807, 2.05) is 0 Å². The zero-order valence-electron chi connectivity index (χ0n) is 15.3. The molecule has 2 aromatic rings. The van der Waals surface area contributed by atoms with E-state index in [1.165, 1.54) is 11.1 Å². The van der Waals surface area contributed by atoms with Crippen LogP contribution in [0.25, 0.3) is 0 Å². The fourth-order valence-corrected chi connectivity index (χ4v) is 3.30. The molecule has 0 aliphatic carbocycles. The van der Waals surface area contributed by atoms with E-state index in [-0.39, 0.29) is 6.10 Å². The summed E-state index contributed by atoms with van der Waals surface area (Å²) in [5.74, 6) is 0. The Hall–Kier alpha value is -1.95. The average Bonchev–Trinajstić information content (AvgIpc) is 2.68. The number of ether oxygens (including phenoxy) is 1. The van der Waals surface area contributed by atoms with Crippen molar-refractivity contribution in [3.63, 3.8) is 0 Å². The molecule has 1 aliphatic rings. The smallest absolute Gasteiger partial charge is 0.170 e. The summed E-state index contributed by atoms with van der Waals surface area (Å²) in [6.45, 7) is 6.47. The Morgan fingerprint density at radius 2 is 1.88 bits per heavy atom. The van der Waals surface area contributed by atoms with E-state index in [2.05, 4.69) is 77.1 Å². The summed E-state index contributed by atoms with van der Waals surface area (Å²) in [6.07, 6.45) is 1.19. The molecule has 0 spiro atoms. The molecule has 1 aliphatic heterocycles. The minimum absolute atomic E-state index is 0.148. The van der Waals surface area contributed by atoms with Gasteiger partial charge >= 0.3 is 0 Å². The summed E-state index contributed by atoms with van der Waals surface area (Å²) in [4.78, 5) is 2.44. The van der Waals surface area contributed by atoms with Gasteiger partial charge in [-0.15, -0.1) is 0 Å². The molecule has 0 unspecified atom stereocenters. The number of hydrogen-bond acceptors (Lipinski definition) is 3. The summed E-state index contributed by atoms with van der Waals surface area (Å²) < 4.78 is 5.89. The Kier molecular flexibility index (Phi) is 7.00. The second kappa shape index (κ2) is 9.67. The first kappa shape index (κ1) is 18.8. The van der Waals surface area contributed by atoms with Crippen molar-refractivity contribution in [1.29, 1.82) is 0 Å². The third kappa shape index (κ3) is 5.80. The Morgan fingerprint density at radius 1 is 1.12 bits per heavy atom. The topological polar surface area (TPSA) is 36.5 Å². The molecule has 5 heteroatoms. The molecule has 0 amide bonds. The SMILES string of the molecule is CCc1ccc(NC(=S)NC[C@@H]2CN(Cc3ccccc3)CCO2)cc1. The molecular weight excluding hydrogens is 342 g/mol. The summed E-state index contributed by atoms with van der Waals surface area (Å²) in [7, 11) is 0. The maximum absolute atomic E-state index is 5.89. The molecule has 3 rings (SSSR count). The van der Waals surface area contributed by atoms with E-state index in [9.17, 15) is 0 Å². The van der Waals surface area contributed by atoms with Crippen molar-refractivity contribution in [3.05, 3.63) is 65.7 Å². The molecule has 1 atom stereocenters. The van der Waals surface area contributed by atoms with Gasteiger partial charge < -0.3 is 15.4 Å². The number of rotatable bonds is 6. The van der Waals surface area contributed by atoms with E-state index < -0.39 is 0 Å². The largest absolute Gasteiger partial charge is 0.374 e. The minimum Gasteiger partial charge on any atom is -0.374 e. The van der Waals surface area contributed by atoms with Gasteiger partial charge in [0.2, 0.25) is 0 Å². The Labute approximate surface area is 161 Å². The lowest BCUT2D eigenvalue weighted by molar-refractivity contribution is -0.0279. The van der Waals surface area contributed by atoms with Gasteiger partial charge in [-0.1, -0.05) is 49.4 Å². The monoisotopic (exact) mass is 369 g/mol. The lowest BCUT2D eigenvalue weighted by atomic mass is 10.1. The van der Waals surface area contributed by atoms with Gasteiger partial charge in [-0.3, -0.25) is 4.90 Å². The van der Waals surface area contributed by atoms with Crippen LogP contribution in [0.15, 0.2) is 54.6 Å². The van der Waals surface area contributed by atoms with Crippen LogP contribution >= 0.6 is 12.2 Å². The van der Waals surface area contributed by atoms with Gasteiger partial charge in [0.15, 0.2) is 5.11 Å². The highest BCUT2D eigenvalue weighted by atomic mass is 32.1. The lowest BCUT2D eigenvalue weighted by Gasteiger charge is -2.33. The number of hydrogen-bond donors (Lipinski definition) is 2. The zero-order chi connectivity index (χ0) is 18.2. The van der Waals surface area contributed by atoms with Crippen LogP contribution in [-0.4, -0.2) is 42.4 Å². The van der Waals surface area contributed by atoms with E-state index in [0.29, 0.717) is 11.7 Å². The molecule has 2 N–H and O–H groups in total. The second-order valence-corrected chi connectivity index (χ2v) is 7.01. The lowest BCUT2D eigenvalue weighted by Crippen LogP contribution is -2.47. The van der Waals surface area contributed by atoms with Crippen LogP contribution in [0, 0.1) is 0 Å². The Bertz CT molecular complexity index is 690. The predicted octanol–water partition coefficient (Wildman–Crippen LogP) is 3.44. The molecule has 0 bridgehead atoms. The molecule has 138 valence electrons. The van der Waals surface area contributed by atoms with Crippen molar-refractivity contribution in [2.75, 3.05) is 31.6 Å². The number of nitrogens with one attached hydrogen (secondary N) is 2. The van der Waals surface area contributed by atoms with Crippen LogP contribution in [0.4, 0.5) is 5.69 Å². The van der Waals surface area contributed by atoms with Crippen LogP contribution < -0.4 is 10.6 Å². The number of aryl methyl sites for hydroxylation is 1. The highest BCUT2D eigenvalue weighted by Crippen LogP contribution is 2.11. The maximum atomic E-state index is 5.89. The van der Waals surface area contributed by atoms with Crippen molar-refractivity contribution >= 4 is 23.0 Å². The summed E-state index contributed by atoms with van der Waals surface area (Å²) in [6, 6.07) is 18.9. The molecule has 26 heavy (non-hydrogen) atoms. The van der Waals surface area contributed by atoms with Crippen LogP contribution in [-0.2, 0) is 17.7 Å². The summed E-state index contributed by atoms with van der Waals surface area (Å²) in [5, 5.41) is 7.15. The Balaban J connectivity index is 1.42. The van der Waals surface area contributed by atoms with Gasteiger partial charge in [-0.2, -0.15) is 0 Å². The minimum atomic E-state index is 0.148. The van der Waals surface area contributed by atoms with Gasteiger partial charge in [0.05, 0.1) is 12.7 Å². The molecular formula is C21H27N3OS. The number of nitrogens with zero attached hydrogens (tertiary/aromatic N) is 1. The third-order valence-electron chi connectivity index (χ3n) is 4.58. The van der Waals surface area contributed by atoms with Gasteiger partial charge in [-0.05, 0) is 41.9 Å². The quantitative estimate of drug-likeness (QED) is 0.763. The molecule has 0 aromatic heterocycles. The number of anilines is 1. The first-order valence-electron chi connectivity index (χ1n) is 9.24. The molecule has 1 saturated heterocycles. The molecule has 0 saturated carbocycles. The fraction of sp³-hybridized carbons (Fsp3) is 0.381. The molecule has 1 fully saturated rings. The molecule has 0 radical (unpaired) electrons. The summed E-state index contributed by atoms with van der Waals surface area (Å²) >= 11 is 5.41. The first-order chi connectivity index (χ1) is 12.7. The van der Waals surface area contributed by atoms with E-state index in [1.54, 1.807) is 0 Å². The van der Waals surface area contributed by atoms with Crippen molar-refractivity contribution in [2.24, 2.45) is 0 Å². The summed E-state index contributed by atoms with van der Waals surface area (Å²) in [5.41, 5.74) is 3.67. The third-order valence-corrected chi connectivity index (χ3v) is 4.83. The van der Waals surface area contributed by atoms with Crippen molar-refractivity contribution in [1.82, 2.24) is 10.2 Å². The molecule has 4 nitrogen and oxygen atoms in total. The predicted molar refractivity (Wildman–Crippen MR) is 112 cm³/mol. The van der Waals surface area contributed by atoms with Crippen molar-refractivity contribution in [3.8, 4) is 0 Å². The van der Waals surface area contributed by atoms with Gasteiger partial charge in [0, 0.05) is 31.9 Å². The maximum Gasteiger partial charge on any atom is 0.170 e. The van der Waals surface area contributed by atoms with Crippen LogP contribution in [0.5, 0.6) is 0 Å². The van der Waals surface area contributed by atoms with Gasteiger partial charge in [0.25, 0.3) is 0 Å². The highest BCUT2D eigenvalue weighted by Gasteiger charge is 2.20. The standard InChI is InChI=1S/C21H27N3OS/c1-2-17-8-10-19(11-9-17)23-21(26)22-14-20-16-24(12-13-25-20)15-18-6-4-3-5-7-18/h3-11,20H,2,12-16H2,1H3,(H2,22,23,26)/t20-/m1/s1. The molecule has 2 aromatic carbocycles. The highest BCUT2D eigenvalue weighted by molar-refractivity contribution is 7.80. The fourth-order valence-electron chi connectivity index (χ4n) is 3.09. The first-order valence-corrected chi connectivity index (χ1v) is 9.65. The number of benzene rings is 2. The van der Waals surface area contributed by atoms with Crippen molar-refractivity contribution in [2.45, 2.75) is 26.0 Å². The number of thiocarbonyl (C=S) groups is 1. The van der Waals surface area contributed by atoms with Crippen LogP contribution in [0.2, 0.25) is 0 Å². The normalized spacial score (nSPS) is 17.7. The number of morpholine rings is 1. The van der Waals surface area contributed by atoms with Gasteiger partial charge in [0.1, 0.15) is 0 Å².